The minimum absolute atomic E-state index is 0.257. The number of nitrogens with zero attached hydrogens (tertiary/aromatic N) is 5. The zero-order valence-corrected chi connectivity index (χ0v) is 27.0. The average Bonchev–Trinajstić information content (AvgIpc) is 3.49. The number of hydrogen-bond acceptors (Lipinski definition) is 5. The number of aryl methyl sites for hydroxylation is 2. The lowest BCUT2D eigenvalue weighted by atomic mass is 9.97. The highest BCUT2D eigenvalue weighted by molar-refractivity contribution is 8.14. The Hall–Kier alpha value is -4.32. The Bertz CT molecular complexity index is 1650. The highest BCUT2D eigenvalue weighted by Gasteiger charge is 2.31. The number of nitrogens with one attached hydrogen (secondary N) is 1. The van der Waals surface area contributed by atoms with Gasteiger partial charge in [-0.2, -0.15) is 4.99 Å². The second-order valence-corrected chi connectivity index (χ2v) is 12.6. The summed E-state index contributed by atoms with van der Waals surface area (Å²) in [5, 5.41) is 8.19. The van der Waals surface area contributed by atoms with E-state index in [1.54, 1.807) is 11.8 Å². The summed E-state index contributed by atoms with van der Waals surface area (Å²) in [5.41, 5.74) is 6.00. The van der Waals surface area contributed by atoms with Crippen molar-refractivity contribution in [2.24, 2.45) is 10.9 Å². The van der Waals surface area contributed by atoms with Gasteiger partial charge in [-0.3, -0.25) is 0 Å². The van der Waals surface area contributed by atoms with Crippen LogP contribution in [-0.2, 0) is 6.42 Å². The number of amidine groups is 1. The van der Waals surface area contributed by atoms with Crippen molar-refractivity contribution >= 4 is 28.6 Å². The molecule has 0 spiro atoms. The number of alkyl halides is 3. The number of benzene rings is 3. The molecule has 2 unspecified atom stereocenters. The maximum absolute atomic E-state index is 12.8. The van der Waals surface area contributed by atoms with Crippen LogP contribution in [0.5, 0.6) is 5.75 Å². The molecule has 46 heavy (non-hydrogen) atoms. The summed E-state index contributed by atoms with van der Waals surface area (Å²) < 4.78 is 42.7. The first-order chi connectivity index (χ1) is 22.0. The van der Waals surface area contributed by atoms with Crippen LogP contribution in [0.2, 0.25) is 0 Å². The van der Waals surface area contributed by atoms with Crippen molar-refractivity contribution in [1.82, 2.24) is 20.1 Å². The molecule has 12 heteroatoms. The van der Waals surface area contributed by atoms with Crippen LogP contribution in [-0.4, -0.2) is 50.7 Å². The molecule has 1 N–H and O–H groups in total. The molecule has 0 aliphatic carbocycles. The van der Waals surface area contributed by atoms with E-state index >= 15 is 0 Å². The predicted octanol–water partition coefficient (Wildman–Crippen LogP) is 8.12. The summed E-state index contributed by atoms with van der Waals surface area (Å²) in [7, 11) is 0. The molecule has 0 radical (unpaired) electrons. The lowest BCUT2D eigenvalue weighted by molar-refractivity contribution is -0.274. The summed E-state index contributed by atoms with van der Waals surface area (Å²) in [5.74, 6) is 1.46. The van der Waals surface area contributed by atoms with E-state index in [0.717, 1.165) is 47.0 Å². The van der Waals surface area contributed by atoms with Gasteiger partial charge in [-0.25, -0.2) is 14.5 Å². The standard InChI is InChI=1S/C34H37F3N6O2S/c1-22(16-18-38-32(44)40-33-43(25(4)17-19-46-33)30-23(2)6-5-7-24(30)3)20-26-8-10-27(11-9-26)31-39-21-42(41-31)28-12-14-29(15-13-28)45-34(35,36)37/h5-15,21-22,25H,16-20H2,1-4H3,(H,38,44)/b40-33-. The maximum atomic E-state index is 12.8. The Labute approximate surface area is 271 Å². The van der Waals surface area contributed by atoms with Gasteiger partial charge >= 0.3 is 12.4 Å². The second-order valence-electron chi connectivity index (χ2n) is 11.6. The van der Waals surface area contributed by atoms with E-state index in [0.29, 0.717) is 24.0 Å². The summed E-state index contributed by atoms with van der Waals surface area (Å²) in [6, 6.07) is 19.6. The van der Waals surface area contributed by atoms with Gasteiger partial charge in [0.2, 0.25) is 0 Å². The summed E-state index contributed by atoms with van der Waals surface area (Å²) in [6.45, 7) is 9.05. The van der Waals surface area contributed by atoms with Gasteiger partial charge in [0.05, 0.1) is 5.69 Å². The quantitative estimate of drug-likeness (QED) is 0.197. The lowest BCUT2D eigenvalue weighted by Crippen LogP contribution is -2.43. The van der Waals surface area contributed by atoms with E-state index in [-0.39, 0.29) is 17.8 Å². The number of aliphatic imine (C=N–C) groups is 1. The molecule has 5 rings (SSSR count). The molecule has 2 atom stereocenters. The fourth-order valence-corrected chi connectivity index (χ4v) is 6.66. The average molecular weight is 651 g/mol. The number of carbonyl (C=O) groups excluding carboxylic acids is 1. The molecule has 8 nitrogen and oxygen atoms in total. The molecule has 2 amide bonds. The molecule has 4 aromatic rings. The fourth-order valence-electron chi connectivity index (χ4n) is 5.46. The number of amides is 2. The molecule has 0 bridgehead atoms. The molecule has 1 aliphatic heterocycles. The smallest absolute Gasteiger partial charge is 0.406 e. The Morgan fingerprint density at radius 3 is 2.46 bits per heavy atom. The van der Waals surface area contributed by atoms with Gasteiger partial charge in [-0.1, -0.05) is 61.2 Å². The predicted molar refractivity (Wildman–Crippen MR) is 177 cm³/mol. The molecule has 1 aromatic heterocycles. The third-order valence-electron chi connectivity index (χ3n) is 7.83. The number of para-hydroxylation sites is 1. The highest BCUT2D eigenvalue weighted by Crippen LogP contribution is 2.34. The van der Waals surface area contributed by atoms with Crippen LogP contribution in [0.4, 0.5) is 23.7 Å². The molecule has 1 saturated heterocycles. The van der Waals surface area contributed by atoms with Crippen LogP contribution in [0.1, 0.15) is 43.4 Å². The van der Waals surface area contributed by atoms with Gasteiger partial charge in [-0.15, -0.1) is 18.3 Å². The number of anilines is 1. The monoisotopic (exact) mass is 650 g/mol. The van der Waals surface area contributed by atoms with Crippen molar-refractivity contribution in [1.29, 1.82) is 0 Å². The zero-order valence-electron chi connectivity index (χ0n) is 26.2. The van der Waals surface area contributed by atoms with Gasteiger partial charge in [0.1, 0.15) is 12.1 Å². The molecule has 1 aliphatic rings. The molecular weight excluding hydrogens is 613 g/mol. The number of halogens is 3. The van der Waals surface area contributed by atoms with E-state index in [2.05, 4.69) is 75.9 Å². The minimum Gasteiger partial charge on any atom is -0.406 e. The van der Waals surface area contributed by atoms with Crippen molar-refractivity contribution in [3.8, 4) is 22.8 Å². The molecule has 0 saturated carbocycles. The first-order valence-corrected chi connectivity index (χ1v) is 16.2. The molecule has 242 valence electrons. The number of aromatic nitrogens is 3. The number of thioether (sulfide) groups is 1. The van der Waals surface area contributed by atoms with Crippen molar-refractivity contribution in [2.75, 3.05) is 17.2 Å². The van der Waals surface area contributed by atoms with Gasteiger partial charge in [0.25, 0.3) is 0 Å². The van der Waals surface area contributed by atoms with Gasteiger partial charge in [0, 0.05) is 29.6 Å². The topological polar surface area (TPSA) is 84.6 Å². The number of carbonyl (C=O) groups is 1. The largest absolute Gasteiger partial charge is 0.573 e. The van der Waals surface area contributed by atoms with Gasteiger partial charge in [0.15, 0.2) is 11.0 Å². The summed E-state index contributed by atoms with van der Waals surface area (Å²) in [6.07, 6.45) is -0.555. The zero-order chi connectivity index (χ0) is 32.8. The number of rotatable bonds is 9. The van der Waals surface area contributed by atoms with Crippen LogP contribution in [0.3, 0.4) is 0 Å². The molecule has 2 heterocycles. The van der Waals surface area contributed by atoms with Crippen molar-refractivity contribution in [3.05, 3.63) is 89.7 Å². The van der Waals surface area contributed by atoms with E-state index in [1.165, 1.54) is 46.4 Å². The van der Waals surface area contributed by atoms with E-state index in [4.69, 9.17) is 0 Å². The summed E-state index contributed by atoms with van der Waals surface area (Å²) in [4.78, 5) is 23.9. The normalized spacial score (nSPS) is 16.8. The van der Waals surface area contributed by atoms with E-state index < -0.39 is 6.36 Å². The Kier molecular flexibility index (Phi) is 10.4. The minimum atomic E-state index is -4.74. The SMILES string of the molecule is Cc1cccc(C)c1N1/C(=N/C(=O)NCCC(C)Cc2ccc(-c3ncn(-c4ccc(OC(F)(F)F)cc4)n3)cc2)SCCC1C. The third-order valence-corrected chi connectivity index (χ3v) is 8.81. The number of hydrogen-bond donors (Lipinski definition) is 1. The van der Waals surface area contributed by atoms with Crippen LogP contribution >= 0.6 is 11.8 Å². The van der Waals surface area contributed by atoms with Gasteiger partial charge in [-0.05, 0) is 86.9 Å². The molecular formula is C34H37F3N6O2S. The highest BCUT2D eigenvalue weighted by atomic mass is 32.2. The first-order valence-electron chi connectivity index (χ1n) is 15.2. The van der Waals surface area contributed by atoms with Crippen molar-refractivity contribution in [3.63, 3.8) is 0 Å². The molecule has 3 aromatic carbocycles. The fraction of sp³-hybridized carbons (Fsp3) is 0.353. The van der Waals surface area contributed by atoms with Crippen LogP contribution in [0.25, 0.3) is 17.1 Å². The van der Waals surface area contributed by atoms with Crippen LogP contribution < -0.4 is 15.0 Å². The van der Waals surface area contributed by atoms with E-state index in [1.807, 2.05) is 24.3 Å². The van der Waals surface area contributed by atoms with Crippen molar-refractivity contribution in [2.45, 2.75) is 59.4 Å². The Morgan fingerprint density at radius 1 is 1.09 bits per heavy atom. The summed E-state index contributed by atoms with van der Waals surface area (Å²) >= 11 is 1.62. The number of ether oxygens (including phenoxy) is 1. The first kappa shape index (κ1) is 33.1. The Morgan fingerprint density at radius 2 is 1.78 bits per heavy atom. The van der Waals surface area contributed by atoms with Crippen molar-refractivity contribution < 1.29 is 22.7 Å². The second kappa shape index (κ2) is 14.4. The van der Waals surface area contributed by atoms with Crippen LogP contribution in [0.15, 0.2) is 78.0 Å². The third kappa shape index (κ3) is 8.48. The lowest BCUT2D eigenvalue weighted by Gasteiger charge is -2.37. The maximum Gasteiger partial charge on any atom is 0.573 e. The Balaban J connectivity index is 1.12. The van der Waals surface area contributed by atoms with E-state index in [9.17, 15) is 18.0 Å². The van der Waals surface area contributed by atoms with Gasteiger partial charge < -0.3 is 15.0 Å². The molecule has 1 fully saturated rings. The number of urea groups is 1. The van der Waals surface area contributed by atoms with Crippen LogP contribution in [0, 0.1) is 19.8 Å².